The number of fused-ring (bicyclic) bond motifs is 1. The van der Waals surface area contributed by atoms with E-state index in [4.69, 9.17) is 0 Å². The molecule has 0 amide bonds. The molecule has 0 heterocycles. The van der Waals surface area contributed by atoms with Crippen molar-refractivity contribution in [1.82, 2.24) is 0 Å². The zero-order valence-electron chi connectivity index (χ0n) is 12.3. The van der Waals surface area contributed by atoms with Crippen LogP contribution >= 0.6 is 0 Å². The molecule has 1 aromatic rings. The number of hydrogen-bond acceptors (Lipinski definition) is 0. The normalized spacial score (nSPS) is 18.7. The molecule has 0 spiro atoms. The maximum absolute atomic E-state index is 2.55. The van der Waals surface area contributed by atoms with Crippen LogP contribution in [-0.2, 0) is 12.8 Å². The zero-order chi connectivity index (χ0) is 13.1. The molecule has 0 fully saturated rings. The van der Waals surface area contributed by atoms with Crippen molar-refractivity contribution in [3.05, 3.63) is 41.0 Å². The van der Waals surface area contributed by atoms with Crippen LogP contribution in [-0.4, -0.2) is 0 Å². The molecule has 0 bridgehead atoms. The number of hydrogen-bond donors (Lipinski definition) is 0. The molecule has 1 aliphatic rings. The Kier molecular flexibility index (Phi) is 4.27. The van der Waals surface area contributed by atoms with Crippen molar-refractivity contribution in [2.75, 3.05) is 0 Å². The van der Waals surface area contributed by atoms with Gasteiger partial charge in [0.1, 0.15) is 0 Å². The fourth-order valence-electron chi connectivity index (χ4n) is 3.04. The molecule has 1 aliphatic carbocycles. The molecule has 1 unspecified atom stereocenters. The summed E-state index contributed by atoms with van der Waals surface area (Å²) in [4.78, 5) is 0. The summed E-state index contributed by atoms with van der Waals surface area (Å²) in [6.45, 7) is 9.17. The molecule has 0 aromatic heterocycles. The Balaban J connectivity index is 2.41. The van der Waals surface area contributed by atoms with E-state index >= 15 is 0 Å². The molecule has 0 N–H and O–H groups in total. The number of benzene rings is 1. The highest BCUT2D eigenvalue weighted by Crippen LogP contribution is 2.36. The molecule has 1 aromatic carbocycles. The van der Waals surface area contributed by atoms with Crippen molar-refractivity contribution in [3.8, 4) is 0 Å². The summed E-state index contributed by atoms with van der Waals surface area (Å²) in [5.74, 6) is 1.39. The molecule has 0 heteroatoms. The quantitative estimate of drug-likeness (QED) is 0.675. The summed E-state index contributed by atoms with van der Waals surface area (Å²) in [5, 5.41) is 0. The van der Waals surface area contributed by atoms with Crippen molar-refractivity contribution in [2.24, 2.45) is 11.8 Å². The second-order valence-electron chi connectivity index (χ2n) is 5.87. The van der Waals surface area contributed by atoms with E-state index in [1.54, 1.807) is 11.1 Å². The summed E-state index contributed by atoms with van der Waals surface area (Å²) in [6.07, 6.45) is 7.54. The predicted octanol–water partition coefficient (Wildman–Crippen LogP) is 5.26. The average Bonchev–Trinajstić information content (AvgIpc) is 2.37. The lowest BCUT2D eigenvalue weighted by molar-refractivity contribution is 0.567. The molecule has 0 radical (unpaired) electrons. The van der Waals surface area contributed by atoms with Crippen LogP contribution in [0.3, 0.4) is 0 Å². The van der Waals surface area contributed by atoms with Gasteiger partial charge in [0.25, 0.3) is 0 Å². The maximum Gasteiger partial charge on any atom is -0.0187 e. The maximum atomic E-state index is 2.55. The topological polar surface area (TPSA) is 0 Å². The van der Waals surface area contributed by atoms with E-state index in [2.05, 4.69) is 52.0 Å². The van der Waals surface area contributed by atoms with Crippen LogP contribution in [0.4, 0.5) is 0 Å². The van der Waals surface area contributed by atoms with Crippen LogP contribution in [0.25, 0.3) is 5.57 Å². The molecule has 0 nitrogen and oxygen atoms in total. The summed E-state index contributed by atoms with van der Waals surface area (Å²) in [7, 11) is 0. The van der Waals surface area contributed by atoms with Gasteiger partial charge in [-0.25, -0.2) is 0 Å². The number of rotatable bonds is 4. The minimum Gasteiger partial charge on any atom is -0.0770 e. The van der Waals surface area contributed by atoms with E-state index in [0.717, 1.165) is 12.3 Å². The first kappa shape index (κ1) is 13.4. The van der Waals surface area contributed by atoms with Crippen LogP contribution in [0, 0.1) is 11.8 Å². The van der Waals surface area contributed by atoms with Crippen LogP contribution in [0.2, 0.25) is 0 Å². The molecule has 1 atom stereocenters. The fourth-order valence-corrected chi connectivity index (χ4v) is 3.04. The van der Waals surface area contributed by atoms with E-state index in [9.17, 15) is 0 Å². The smallest absolute Gasteiger partial charge is 0.0187 e. The highest BCUT2D eigenvalue weighted by atomic mass is 14.3. The standard InChI is InChI=1S/C18H26/c1-5-7-15-10-16-9-8-14(6-2)11-18(16)17(12-15)13(3)4/h8-9,11-13,15H,5-7,10H2,1-4H3. The molecule has 98 valence electrons. The lowest BCUT2D eigenvalue weighted by Crippen LogP contribution is -2.13. The Bertz CT molecular complexity index is 437. The minimum absolute atomic E-state index is 0.635. The third-order valence-corrected chi connectivity index (χ3v) is 4.07. The number of aryl methyl sites for hydroxylation is 1. The van der Waals surface area contributed by atoms with Crippen LogP contribution in [0.15, 0.2) is 24.3 Å². The van der Waals surface area contributed by atoms with Gasteiger partial charge < -0.3 is 0 Å². The van der Waals surface area contributed by atoms with Gasteiger partial charge in [-0.3, -0.25) is 0 Å². The van der Waals surface area contributed by atoms with Gasteiger partial charge in [-0.1, -0.05) is 58.4 Å². The van der Waals surface area contributed by atoms with Crippen molar-refractivity contribution >= 4 is 5.57 Å². The van der Waals surface area contributed by atoms with E-state index in [0.29, 0.717) is 5.92 Å². The SMILES string of the molecule is CCCC1C=C(C(C)C)c2cc(CC)ccc2C1. The second kappa shape index (κ2) is 5.73. The van der Waals surface area contributed by atoms with Gasteiger partial charge >= 0.3 is 0 Å². The largest absolute Gasteiger partial charge is 0.0770 e. The molecule has 18 heavy (non-hydrogen) atoms. The van der Waals surface area contributed by atoms with Gasteiger partial charge in [-0.15, -0.1) is 0 Å². The molecular formula is C18H26. The second-order valence-corrected chi connectivity index (χ2v) is 5.87. The fraction of sp³-hybridized carbons (Fsp3) is 0.556. The van der Waals surface area contributed by atoms with Gasteiger partial charge in [-0.2, -0.15) is 0 Å². The lowest BCUT2D eigenvalue weighted by Gasteiger charge is -2.27. The van der Waals surface area contributed by atoms with E-state index in [1.807, 2.05) is 0 Å². The Morgan fingerprint density at radius 3 is 2.61 bits per heavy atom. The Morgan fingerprint density at radius 2 is 2.00 bits per heavy atom. The summed E-state index contributed by atoms with van der Waals surface area (Å²) in [5.41, 5.74) is 6.13. The Labute approximate surface area is 112 Å². The van der Waals surface area contributed by atoms with Crippen molar-refractivity contribution in [3.63, 3.8) is 0 Å². The zero-order valence-corrected chi connectivity index (χ0v) is 12.3. The van der Waals surface area contributed by atoms with Crippen molar-refractivity contribution in [1.29, 1.82) is 0 Å². The molecular weight excluding hydrogens is 216 g/mol. The first-order valence-electron chi connectivity index (χ1n) is 7.49. The lowest BCUT2D eigenvalue weighted by atomic mass is 9.78. The first-order valence-corrected chi connectivity index (χ1v) is 7.49. The van der Waals surface area contributed by atoms with Crippen molar-refractivity contribution < 1.29 is 0 Å². The van der Waals surface area contributed by atoms with Gasteiger partial charge in [-0.05, 0) is 53.4 Å². The van der Waals surface area contributed by atoms with Gasteiger partial charge in [0.2, 0.25) is 0 Å². The van der Waals surface area contributed by atoms with E-state index in [1.165, 1.54) is 30.4 Å². The first-order chi connectivity index (χ1) is 8.65. The average molecular weight is 242 g/mol. The van der Waals surface area contributed by atoms with E-state index < -0.39 is 0 Å². The van der Waals surface area contributed by atoms with Gasteiger partial charge in [0, 0.05) is 0 Å². The number of allylic oxidation sites excluding steroid dienone is 2. The van der Waals surface area contributed by atoms with E-state index in [-0.39, 0.29) is 0 Å². The van der Waals surface area contributed by atoms with Gasteiger partial charge in [0.15, 0.2) is 0 Å². The summed E-state index contributed by atoms with van der Waals surface area (Å²) in [6, 6.07) is 7.10. The minimum atomic E-state index is 0.635. The van der Waals surface area contributed by atoms with Crippen molar-refractivity contribution in [2.45, 2.75) is 53.4 Å². The Hall–Kier alpha value is -1.04. The predicted molar refractivity (Wildman–Crippen MR) is 80.7 cm³/mol. The molecule has 0 aliphatic heterocycles. The highest BCUT2D eigenvalue weighted by molar-refractivity contribution is 5.72. The van der Waals surface area contributed by atoms with Crippen LogP contribution < -0.4 is 0 Å². The van der Waals surface area contributed by atoms with Crippen LogP contribution in [0.1, 0.15) is 57.2 Å². The molecule has 0 saturated carbocycles. The monoisotopic (exact) mass is 242 g/mol. The summed E-state index contributed by atoms with van der Waals surface area (Å²) >= 11 is 0. The molecule has 2 rings (SSSR count). The third-order valence-electron chi connectivity index (χ3n) is 4.07. The Morgan fingerprint density at radius 1 is 1.22 bits per heavy atom. The molecule has 0 saturated heterocycles. The highest BCUT2D eigenvalue weighted by Gasteiger charge is 2.20. The van der Waals surface area contributed by atoms with Gasteiger partial charge in [0.05, 0.1) is 0 Å². The third kappa shape index (κ3) is 2.68. The summed E-state index contributed by atoms with van der Waals surface area (Å²) < 4.78 is 0. The van der Waals surface area contributed by atoms with Crippen LogP contribution in [0.5, 0.6) is 0 Å².